The summed E-state index contributed by atoms with van der Waals surface area (Å²) in [7, 11) is -3.19. The third-order valence-corrected chi connectivity index (χ3v) is 3.62. The summed E-state index contributed by atoms with van der Waals surface area (Å²) < 4.78 is 28.0. The van der Waals surface area contributed by atoms with Crippen LogP contribution in [0.25, 0.3) is 11.5 Å². The highest BCUT2D eigenvalue weighted by atomic mass is 35.5. The summed E-state index contributed by atoms with van der Waals surface area (Å²) in [5, 5.41) is 7.71. The zero-order valence-corrected chi connectivity index (χ0v) is 11.2. The van der Waals surface area contributed by atoms with Crippen LogP contribution in [0.2, 0.25) is 0 Å². The molecular formula is C11H11ClN2O3S. The number of nitrogens with zero attached hydrogens (tertiary/aromatic N) is 2. The molecule has 0 radical (unpaired) electrons. The lowest BCUT2D eigenvalue weighted by atomic mass is 10.2. The topological polar surface area (TPSA) is 73.1 Å². The van der Waals surface area contributed by atoms with E-state index in [1.165, 1.54) is 12.1 Å². The van der Waals surface area contributed by atoms with Gasteiger partial charge >= 0.3 is 0 Å². The van der Waals surface area contributed by atoms with Crippen LogP contribution in [0.5, 0.6) is 0 Å². The summed E-state index contributed by atoms with van der Waals surface area (Å²) in [5.41, 5.74) is 0.677. The molecule has 2 aromatic rings. The van der Waals surface area contributed by atoms with Crippen LogP contribution in [0, 0.1) is 0 Å². The molecule has 0 N–H and O–H groups in total. The van der Waals surface area contributed by atoms with Crippen molar-refractivity contribution in [2.24, 2.45) is 0 Å². The van der Waals surface area contributed by atoms with Gasteiger partial charge in [0.15, 0.2) is 9.84 Å². The fraction of sp³-hybridized carbons (Fsp3) is 0.273. The highest BCUT2D eigenvalue weighted by Gasteiger charge is 2.10. The van der Waals surface area contributed by atoms with E-state index in [-0.39, 0.29) is 4.90 Å². The number of halogens is 1. The van der Waals surface area contributed by atoms with Crippen molar-refractivity contribution < 1.29 is 12.8 Å². The normalized spacial score (nSPS) is 11.7. The molecule has 0 atom stereocenters. The highest BCUT2D eigenvalue weighted by Crippen LogP contribution is 2.20. The van der Waals surface area contributed by atoms with E-state index in [9.17, 15) is 8.42 Å². The van der Waals surface area contributed by atoms with Gasteiger partial charge in [-0.25, -0.2) is 8.42 Å². The van der Waals surface area contributed by atoms with Gasteiger partial charge in [-0.1, -0.05) is 0 Å². The first-order chi connectivity index (χ1) is 8.50. The van der Waals surface area contributed by atoms with Crippen molar-refractivity contribution in [2.75, 3.05) is 12.1 Å². The molecule has 0 bridgehead atoms. The smallest absolute Gasteiger partial charge is 0.247 e. The number of alkyl halides is 1. The van der Waals surface area contributed by atoms with E-state index in [2.05, 4.69) is 10.2 Å². The quantitative estimate of drug-likeness (QED) is 0.803. The number of aromatic nitrogens is 2. The summed E-state index contributed by atoms with van der Waals surface area (Å²) >= 11 is 5.57. The van der Waals surface area contributed by atoms with Gasteiger partial charge in [0.1, 0.15) is 0 Å². The molecule has 5 nitrogen and oxygen atoms in total. The van der Waals surface area contributed by atoms with Gasteiger partial charge in [-0.15, -0.1) is 21.8 Å². The van der Waals surface area contributed by atoms with Crippen molar-refractivity contribution in [2.45, 2.75) is 11.3 Å². The molecule has 0 saturated heterocycles. The second-order valence-electron chi connectivity index (χ2n) is 3.74. The lowest BCUT2D eigenvalue weighted by Gasteiger charge is -1.98. The molecule has 7 heteroatoms. The average Bonchev–Trinajstić information content (AvgIpc) is 2.77. The number of benzene rings is 1. The molecule has 1 aromatic carbocycles. The highest BCUT2D eigenvalue weighted by molar-refractivity contribution is 7.90. The van der Waals surface area contributed by atoms with Crippen LogP contribution in [0.1, 0.15) is 5.89 Å². The summed E-state index contributed by atoms with van der Waals surface area (Å²) in [5.74, 6) is 1.23. The monoisotopic (exact) mass is 286 g/mol. The van der Waals surface area contributed by atoms with Crippen molar-refractivity contribution in [1.29, 1.82) is 0 Å². The average molecular weight is 287 g/mol. The van der Waals surface area contributed by atoms with E-state index in [0.29, 0.717) is 29.6 Å². The largest absolute Gasteiger partial charge is 0.421 e. The molecule has 2 rings (SSSR count). The maximum absolute atomic E-state index is 11.3. The van der Waals surface area contributed by atoms with Crippen molar-refractivity contribution in [3.8, 4) is 11.5 Å². The SMILES string of the molecule is CS(=O)(=O)c1ccc(-c2nnc(CCCl)o2)cc1. The van der Waals surface area contributed by atoms with Crippen LogP contribution in [-0.4, -0.2) is 30.8 Å². The third-order valence-electron chi connectivity index (χ3n) is 2.30. The van der Waals surface area contributed by atoms with Gasteiger partial charge in [-0.3, -0.25) is 0 Å². The molecule has 0 saturated carbocycles. The summed E-state index contributed by atoms with van der Waals surface area (Å²) in [4.78, 5) is 0.256. The summed E-state index contributed by atoms with van der Waals surface area (Å²) in [6, 6.07) is 6.29. The molecule has 0 aliphatic heterocycles. The Labute approximate surface area is 110 Å². The predicted molar refractivity (Wildman–Crippen MR) is 67.3 cm³/mol. The Morgan fingerprint density at radius 1 is 1.22 bits per heavy atom. The van der Waals surface area contributed by atoms with Crippen LogP contribution in [0.3, 0.4) is 0 Å². The van der Waals surface area contributed by atoms with E-state index >= 15 is 0 Å². The second kappa shape index (κ2) is 5.07. The number of hydrogen-bond donors (Lipinski definition) is 0. The summed E-state index contributed by atoms with van der Waals surface area (Å²) in [6.07, 6.45) is 1.67. The van der Waals surface area contributed by atoms with Gasteiger partial charge in [0.2, 0.25) is 11.8 Å². The third kappa shape index (κ3) is 2.88. The Kier molecular flexibility index (Phi) is 3.68. The van der Waals surface area contributed by atoms with Crippen LogP contribution in [-0.2, 0) is 16.3 Å². The molecule has 0 unspecified atom stereocenters. The van der Waals surface area contributed by atoms with E-state index in [1.807, 2.05) is 0 Å². The van der Waals surface area contributed by atoms with Gasteiger partial charge in [-0.05, 0) is 24.3 Å². The molecule has 0 amide bonds. The molecule has 0 spiro atoms. The summed E-state index contributed by atoms with van der Waals surface area (Å²) in [6.45, 7) is 0. The molecule has 0 fully saturated rings. The van der Waals surface area contributed by atoms with Crippen LogP contribution < -0.4 is 0 Å². The lowest BCUT2D eigenvalue weighted by molar-refractivity contribution is 0.513. The maximum atomic E-state index is 11.3. The molecule has 96 valence electrons. The Bertz CT molecular complexity index is 635. The standard InChI is InChI=1S/C11H11ClN2O3S/c1-18(15,16)9-4-2-8(3-5-9)11-14-13-10(17-11)6-7-12/h2-5H,6-7H2,1H3. The Balaban J connectivity index is 2.28. The van der Waals surface area contributed by atoms with E-state index in [4.69, 9.17) is 16.0 Å². The van der Waals surface area contributed by atoms with Gasteiger partial charge in [0.05, 0.1) is 4.90 Å². The van der Waals surface area contributed by atoms with Gasteiger partial charge < -0.3 is 4.42 Å². The first kappa shape index (κ1) is 13.0. The molecule has 1 aromatic heterocycles. The minimum Gasteiger partial charge on any atom is -0.421 e. The van der Waals surface area contributed by atoms with E-state index < -0.39 is 9.84 Å². The minimum atomic E-state index is -3.19. The van der Waals surface area contributed by atoms with Crippen molar-refractivity contribution in [3.63, 3.8) is 0 Å². The van der Waals surface area contributed by atoms with Gasteiger partial charge in [0, 0.05) is 24.1 Å². The predicted octanol–water partition coefficient (Wildman–Crippen LogP) is 1.92. The second-order valence-corrected chi connectivity index (χ2v) is 6.13. The molecule has 0 aliphatic carbocycles. The minimum absolute atomic E-state index is 0.256. The number of hydrogen-bond acceptors (Lipinski definition) is 5. The Morgan fingerprint density at radius 2 is 1.89 bits per heavy atom. The Morgan fingerprint density at radius 3 is 2.44 bits per heavy atom. The van der Waals surface area contributed by atoms with Gasteiger partial charge in [-0.2, -0.15) is 0 Å². The fourth-order valence-electron chi connectivity index (χ4n) is 1.40. The maximum Gasteiger partial charge on any atom is 0.247 e. The lowest BCUT2D eigenvalue weighted by Crippen LogP contribution is -1.96. The van der Waals surface area contributed by atoms with Gasteiger partial charge in [0.25, 0.3) is 0 Å². The molecule has 18 heavy (non-hydrogen) atoms. The van der Waals surface area contributed by atoms with Crippen molar-refractivity contribution in [3.05, 3.63) is 30.2 Å². The first-order valence-corrected chi connectivity index (χ1v) is 7.62. The zero-order chi connectivity index (χ0) is 13.2. The number of sulfone groups is 1. The molecule has 0 aliphatic rings. The number of aryl methyl sites for hydroxylation is 1. The van der Waals surface area contributed by atoms with Crippen LogP contribution in [0.4, 0.5) is 0 Å². The van der Waals surface area contributed by atoms with Crippen molar-refractivity contribution in [1.82, 2.24) is 10.2 Å². The molecular weight excluding hydrogens is 276 g/mol. The Hall–Kier alpha value is -1.40. The van der Waals surface area contributed by atoms with Crippen molar-refractivity contribution >= 4 is 21.4 Å². The fourth-order valence-corrected chi connectivity index (χ4v) is 2.19. The van der Waals surface area contributed by atoms with E-state index in [0.717, 1.165) is 6.26 Å². The first-order valence-electron chi connectivity index (χ1n) is 5.19. The van der Waals surface area contributed by atoms with Crippen LogP contribution >= 0.6 is 11.6 Å². The van der Waals surface area contributed by atoms with Crippen LogP contribution in [0.15, 0.2) is 33.6 Å². The van der Waals surface area contributed by atoms with E-state index in [1.54, 1.807) is 12.1 Å². The molecule has 1 heterocycles. The zero-order valence-electron chi connectivity index (χ0n) is 9.63. The number of rotatable bonds is 4.